The standard InChI is InChI=1S/C20H19ClN4O2S/c1-2-12-25-18(13-27-17-11-7-6-10-16(17)21)23-24-20(25)28-14-19(26)22-15-8-4-3-5-9-15/h2-11H,1,12-14H2,(H,22,26). The summed E-state index contributed by atoms with van der Waals surface area (Å²) < 4.78 is 7.62. The molecule has 8 heteroatoms. The quantitative estimate of drug-likeness (QED) is 0.414. The molecule has 0 aliphatic heterocycles. The van der Waals surface area contributed by atoms with Gasteiger partial charge in [0.2, 0.25) is 5.91 Å². The number of allylic oxidation sites excluding steroid dienone is 1. The van der Waals surface area contributed by atoms with Crippen LogP contribution in [-0.4, -0.2) is 26.4 Å². The maximum atomic E-state index is 12.2. The fraction of sp³-hybridized carbons (Fsp3) is 0.150. The number of para-hydroxylation sites is 2. The minimum Gasteiger partial charge on any atom is -0.484 e. The molecule has 0 spiro atoms. The number of anilines is 1. The van der Waals surface area contributed by atoms with Gasteiger partial charge >= 0.3 is 0 Å². The van der Waals surface area contributed by atoms with E-state index in [9.17, 15) is 4.79 Å². The van der Waals surface area contributed by atoms with Crippen molar-refractivity contribution in [3.05, 3.63) is 78.1 Å². The predicted molar refractivity (Wildman–Crippen MR) is 112 cm³/mol. The van der Waals surface area contributed by atoms with Crippen LogP contribution < -0.4 is 10.1 Å². The van der Waals surface area contributed by atoms with Gasteiger partial charge in [-0.25, -0.2) is 0 Å². The van der Waals surface area contributed by atoms with Gasteiger partial charge in [0.1, 0.15) is 12.4 Å². The van der Waals surface area contributed by atoms with Crippen LogP contribution in [0.15, 0.2) is 72.4 Å². The Kier molecular flexibility index (Phi) is 7.11. The van der Waals surface area contributed by atoms with Gasteiger partial charge < -0.3 is 10.1 Å². The molecule has 2 aromatic carbocycles. The molecule has 28 heavy (non-hydrogen) atoms. The monoisotopic (exact) mass is 414 g/mol. The molecule has 0 aliphatic carbocycles. The maximum Gasteiger partial charge on any atom is 0.234 e. The van der Waals surface area contributed by atoms with Crippen LogP contribution >= 0.6 is 23.4 Å². The molecule has 0 bridgehead atoms. The summed E-state index contributed by atoms with van der Waals surface area (Å²) in [6, 6.07) is 16.6. The Hall–Kier alpha value is -2.77. The van der Waals surface area contributed by atoms with Crippen molar-refractivity contribution in [3.63, 3.8) is 0 Å². The highest BCUT2D eigenvalue weighted by Crippen LogP contribution is 2.25. The molecule has 1 aromatic heterocycles. The van der Waals surface area contributed by atoms with Gasteiger partial charge in [-0.1, -0.05) is 59.8 Å². The highest BCUT2D eigenvalue weighted by Gasteiger charge is 2.14. The van der Waals surface area contributed by atoms with Gasteiger partial charge in [0, 0.05) is 12.2 Å². The Morgan fingerprint density at radius 3 is 2.68 bits per heavy atom. The lowest BCUT2D eigenvalue weighted by atomic mass is 10.3. The first kappa shape index (κ1) is 20.0. The summed E-state index contributed by atoms with van der Waals surface area (Å²) in [7, 11) is 0. The van der Waals surface area contributed by atoms with Gasteiger partial charge in [-0.15, -0.1) is 16.8 Å². The average molecular weight is 415 g/mol. The SMILES string of the molecule is C=CCn1c(COc2ccccc2Cl)nnc1SCC(=O)Nc1ccccc1. The lowest BCUT2D eigenvalue weighted by Crippen LogP contribution is -2.14. The van der Waals surface area contributed by atoms with Crippen LogP contribution in [0.1, 0.15) is 5.82 Å². The van der Waals surface area contributed by atoms with Gasteiger partial charge in [0.25, 0.3) is 0 Å². The zero-order chi connectivity index (χ0) is 19.8. The average Bonchev–Trinajstić information content (AvgIpc) is 3.08. The number of aromatic nitrogens is 3. The summed E-state index contributed by atoms with van der Waals surface area (Å²) in [5, 5.41) is 12.4. The second kappa shape index (κ2) is 9.96. The first-order valence-corrected chi connectivity index (χ1v) is 9.91. The Bertz CT molecular complexity index is 946. The van der Waals surface area contributed by atoms with Crippen LogP contribution in [0.5, 0.6) is 5.75 Å². The zero-order valence-electron chi connectivity index (χ0n) is 15.0. The lowest BCUT2D eigenvalue weighted by molar-refractivity contribution is -0.113. The van der Waals surface area contributed by atoms with E-state index < -0.39 is 0 Å². The minimum atomic E-state index is -0.113. The van der Waals surface area contributed by atoms with Crippen molar-refractivity contribution in [1.29, 1.82) is 0 Å². The molecule has 0 atom stereocenters. The van der Waals surface area contributed by atoms with Crippen molar-refractivity contribution in [1.82, 2.24) is 14.8 Å². The fourth-order valence-corrected chi connectivity index (χ4v) is 3.35. The van der Waals surface area contributed by atoms with E-state index >= 15 is 0 Å². The summed E-state index contributed by atoms with van der Waals surface area (Å²) in [5.74, 6) is 1.31. The maximum absolute atomic E-state index is 12.2. The number of carbonyl (C=O) groups is 1. The number of halogens is 1. The van der Waals surface area contributed by atoms with Crippen LogP contribution in [0, 0.1) is 0 Å². The number of carbonyl (C=O) groups excluding carboxylic acids is 1. The molecule has 1 amide bonds. The van der Waals surface area contributed by atoms with E-state index in [2.05, 4.69) is 22.1 Å². The topological polar surface area (TPSA) is 69.0 Å². The van der Waals surface area contributed by atoms with Crippen molar-refractivity contribution in [2.75, 3.05) is 11.1 Å². The van der Waals surface area contributed by atoms with E-state index in [1.54, 1.807) is 18.2 Å². The third-order valence-corrected chi connectivity index (χ3v) is 4.97. The molecule has 1 heterocycles. The number of amides is 1. The van der Waals surface area contributed by atoms with Crippen molar-refractivity contribution >= 4 is 35.0 Å². The highest BCUT2D eigenvalue weighted by atomic mass is 35.5. The third kappa shape index (κ3) is 5.37. The molecule has 0 saturated heterocycles. The molecule has 0 saturated carbocycles. The number of thioether (sulfide) groups is 1. The first-order chi connectivity index (χ1) is 13.7. The van der Waals surface area contributed by atoms with Crippen LogP contribution in [-0.2, 0) is 17.9 Å². The summed E-state index contributed by atoms with van der Waals surface area (Å²) in [4.78, 5) is 12.2. The predicted octanol–water partition coefficient (Wildman–Crippen LogP) is 4.43. The van der Waals surface area contributed by atoms with Gasteiger partial charge in [-0.3, -0.25) is 9.36 Å². The molecule has 3 aromatic rings. The number of nitrogens with zero attached hydrogens (tertiary/aromatic N) is 3. The molecule has 1 N–H and O–H groups in total. The van der Waals surface area contributed by atoms with E-state index in [-0.39, 0.29) is 18.3 Å². The van der Waals surface area contributed by atoms with Crippen molar-refractivity contribution in [2.24, 2.45) is 0 Å². The Morgan fingerprint density at radius 2 is 1.93 bits per heavy atom. The summed E-state index contributed by atoms with van der Waals surface area (Å²) >= 11 is 7.42. The molecule has 0 fully saturated rings. The summed E-state index contributed by atoms with van der Waals surface area (Å²) in [6.45, 7) is 4.49. The van der Waals surface area contributed by atoms with Crippen LogP contribution in [0.2, 0.25) is 5.02 Å². The van der Waals surface area contributed by atoms with Crippen molar-refractivity contribution in [3.8, 4) is 5.75 Å². The van der Waals surface area contributed by atoms with E-state index in [4.69, 9.17) is 16.3 Å². The third-order valence-electron chi connectivity index (χ3n) is 3.69. The number of hydrogen-bond donors (Lipinski definition) is 1. The Balaban J connectivity index is 1.62. The summed E-state index contributed by atoms with van der Waals surface area (Å²) in [5.41, 5.74) is 0.759. The van der Waals surface area contributed by atoms with Gasteiger partial charge in [0.15, 0.2) is 11.0 Å². The molecule has 0 radical (unpaired) electrons. The van der Waals surface area contributed by atoms with Crippen LogP contribution in [0.25, 0.3) is 0 Å². The normalized spacial score (nSPS) is 10.5. The zero-order valence-corrected chi connectivity index (χ0v) is 16.6. The number of hydrogen-bond acceptors (Lipinski definition) is 5. The second-order valence-corrected chi connectivity index (χ2v) is 7.07. The van der Waals surface area contributed by atoms with E-state index in [1.807, 2.05) is 47.0 Å². The Morgan fingerprint density at radius 1 is 1.18 bits per heavy atom. The number of nitrogens with one attached hydrogen (secondary N) is 1. The van der Waals surface area contributed by atoms with Gasteiger partial charge in [-0.2, -0.15) is 0 Å². The second-order valence-electron chi connectivity index (χ2n) is 5.72. The lowest BCUT2D eigenvalue weighted by Gasteiger charge is -2.10. The molecule has 0 aliphatic rings. The molecule has 0 unspecified atom stereocenters. The Labute approximate surface area is 172 Å². The number of rotatable bonds is 9. The number of ether oxygens (including phenoxy) is 1. The van der Waals surface area contributed by atoms with E-state index in [1.165, 1.54) is 11.8 Å². The van der Waals surface area contributed by atoms with Crippen molar-refractivity contribution in [2.45, 2.75) is 18.3 Å². The van der Waals surface area contributed by atoms with E-state index in [0.29, 0.717) is 28.3 Å². The van der Waals surface area contributed by atoms with Gasteiger partial charge in [-0.05, 0) is 24.3 Å². The highest BCUT2D eigenvalue weighted by molar-refractivity contribution is 7.99. The molecular formula is C20H19ClN4O2S. The van der Waals surface area contributed by atoms with E-state index in [0.717, 1.165) is 5.69 Å². The minimum absolute atomic E-state index is 0.113. The largest absolute Gasteiger partial charge is 0.484 e. The molecular weight excluding hydrogens is 396 g/mol. The van der Waals surface area contributed by atoms with Gasteiger partial charge in [0.05, 0.1) is 10.8 Å². The number of benzene rings is 2. The summed E-state index contributed by atoms with van der Waals surface area (Å²) in [6.07, 6.45) is 1.75. The first-order valence-electron chi connectivity index (χ1n) is 8.55. The van der Waals surface area contributed by atoms with Crippen molar-refractivity contribution < 1.29 is 9.53 Å². The molecule has 6 nitrogen and oxygen atoms in total. The van der Waals surface area contributed by atoms with Crippen LogP contribution in [0.4, 0.5) is 5.69 Å². The fourth-order valence-electron chi connectivity index (χ4n) is 2.40. The molecule has 144 valence electrons. The smallest absolute Gasteiger partial charge is 0.234 e. The molecule has 3 rings (SSSR count). The van der Waals surface area contributed by atoms with Crippen LogP contribution in [0.3, 0.4) is 0 Å².